The highest BCUT2D eigenvalue weighted by molar-refractivity contribution is 7.13. The first kappa shape index (κ1) is 14.3. The Balaban J connectivity index is 1.75. The lowest BCUT2D eigenvalue weighted by atomic mass is 9.85. The van der Waals surface area contributed by atoms with Crippen molar-refractivity contribution in [2.45, 2.75) is 38.6 Å². The second kappa shape index (κ2) is 6.02. The highest BCUT2D eigenvalue weighted by Crippen LogP contribution is 2.29. The monoisotopic (exact) mass is 304 g/mol. The zero-order valence-corrected chi connectivity index (χ0v) is 13.2. The van der Waals surface area contributed by atoms with E-state index >= 15 is 0 Å². The van der Waals surface area contributed by atoms with E-state index in [1.165, 1.54) is 30.6 Å². The van der Waals surface area contributed by atoms with Gasteiger partial charge < -0.3 is 9.32 Å². The molecular weight excluding hydrogens is 284 g/mol. The van der Waals surface area contributed by atoms with Gasteiger partial charge in [-0.3, -0.25) is 4.79 Å². The largest absolute Gasteiger partial charge is 0.462 e. The van der Waals surface area contributed by atoms with Crippen LogP contribution in [0.5, 0.6) is 0 Å². The van der Waals surface area contributed by atoms with Crippen molar-refractivity contribution in [2.24, 2.45) is 5.92 Å². The molecule has 1 saturated carbocycles. The molecule has 1 fully saturated rings. The lowest BCUT2D eigenvalue weighted by molar-refractivity contribution is 0.0624. The second-order valence-corrected chi connectivity index (χ2v) is 6.62. The van der Waals surface area contributed by atoms with Gasteiger partial charge in [0.05, 0.1) is 6.26 Å². The standard InChI is InChI=1S/C16H20N2O2S/c1-11-6-3-4-7-13(11)18(2)16(19)12-10-21-15(17-12)14-8-5-9-20-14/h5,8-11,13H,3-4,6-7H2,1-2H3. The van der Waals surface area contributed by atoms with E-state index in [1.54, 1.807) is 6.26 Å². The Labute approximate surface area is 128 Å². The topological polar surface area (TPSA) is 46.3 Å². The molecule has 3 rings (SSSR count). The molecule has 1 aliphatic rings. The molecule has 112 valence electrons. The minimum Gasteiger partial charge on any atom is -0.462 e. The van der Waals surface area contributed by atoms with Crippen LogP contribution in [-0.4, -0.2) is 28.9 Å². The van der Waals surface area contributed by atoms with Crippen LogP contribution in [0.15, 0.2) is 28.2 Å². The SMILES string of the molecule is CC1CCCCC1N(C)C(=O)c1csc(-c2ccco2)n1. The van der Waals surface area contributed by atoms with Crippen molar-refractivity contribution in [1.29, 1.82) is 0 Å². The number of rotatable bonds is 3. The molecule has 0 aromatic carbocycles. The summed E-state index contributed by atoms with van der Waals surface area (Å²) in [6.45, 7) is 2.24. The van der Waals surface area contributed by atoms with Gasteiger partial charge in [0.25, 0.3) is 5.91 Å². The van der Waals surface area contributed by atoms with E-state index in [1.807, 2.05) is 29.5 Å². The molecule has 1 aliphatic carbocycles. The second-order valence-electron chi connectivity index (χ2n) is 5.76. The van der Waals surface area contributed by atoms with Gasteiger partial charge in [-0.1, -0.05) is 19.8 Å². The normalized spacial score (nSPS) is 22.2. The Bertz CT molecular complexity index is 606. The molecule has 2 heterocycles. The summed E-state index contributed by atoms with van der Waals surface area (Å²) in [5.41, 5.74) is 0.520. The molecule has 21 heavy (non-hydrogen) atoms. The van der Waals surface area contributed by atoms with Crippen LogP contribution in [0, 0.1) is 5.92 Å². The number of hydrogen-bond donors (Lipinski definition) is 0. The lowest BCUT2D eigenvalue weighted by Gasteiger charge is -2.35. The average molecular weight is 304 g/mol. The smallest absolute Gasteiger partial charge is 0.273 e. The van der Waals surface area contributed by atoms with Gasteiger partial charge in [0.15, 0.2) is 10.8 Å². The van der Waals surface area contributed by atoms with E-state index in [0.29, 0.717) is 23.4 Å². The fourth-order valence-corrected chi connectivity index (χ4v) is 3.85. The Hall–Kier alpha value is -1.62. The minimum absolute atomic E-state index is 0.0165. The lowest BCUT2D eigenvalue weighted by Crippen LogP contribution is -2.42. The fourth-order valence-electron chi connectivity index (χ4n) is 3.09. The molecule has 0 N–H and O–H groups in total. The molecule has 0 saturated heterocycles. The number of amides is 1. The molecule has 2 unspecified atom stereocenters. The Morgan fingerprint density at radius 3 is 2.95 bits per heavy atom. The molecule has 0 spiro atoms. The third-order valence-electron chi connectivity index (χ3n) is 4.34. The number of thiazole rings is 1. The molecular formula is C16H20N2O2S. The van der Waals surface area contributed by atoms with Crippen LogP contribution in [0.2, 0.25) is 0 Å². The van der Waals surface area contributed by atoms with Crippen LogP contribution in [0.1, 0.15) is 43.1 Å². The fraction of sp³-hybridized carbons (Fsp3) is 0.500. The van der Waals surface area contributed by atoms with Gasteiger partial charge in [-0.2, -0.15) is 0 Å². The van der Waals surface area contributed by atoms with Crippen molar-refractivity contribution in [2.75, 3.05) is 7.05 Å². The van der Waals surface area contributed by atoms with Crippen LogP contribution in [0.3, 0.4) is 0 Å². The molecule has 0 aliphatic heterocycles. The maximum atomic E-state index is 12.6. The zero-order valence-electron chi connectivity index (χ0n) is 12.4. The molecule has 2 atom stereocenters. The number of aromatic nitrogens is 1. The first-order valence-corrected chi connectivity index (χ1v) is 8.31. The first-order valence-electron chi connectivity index (χ1n) is 7.43. The molecule has 2 aromatic heterocycles. The zero-order chi connectivity index (χ0) is 14.8. The summed E-state index contributed by atoms with van der Waals surface area (Å²) in [6.07, 6.45) is 6.41. The summed E-state index contributed by atoms with van der Waals surface area (Å²) in [5.74, 6) is 1.30. The van der Waals surface area contributed by atoms with Gasteiger partial charge in [0, 0.05) is 18.5 Å². The maximum absolute atomic E-state index is 12.6. The minimum atomic E-state index is 0.0165. The summed E-state index contributed by atoms with van der Waals surface area (Å²) in [5, 5.41) is 2.58. The molecule has 4 nitrogen and oxygen atoms in total. The van der Waals surface area contributed by atoms with Crippen molar-refractivity contribution in [3.8, 4) is 10.8 Å². The summed E-state index contributed by atoms with van der Waals surface area (Å²) >= 11 is 1.45. The van der Waals surface area contributed by atoms with Gasteiger partial charge in [-0.25, -0.2) is 4.98 Å². The number of hydrogen-bond acceptors (Lipinski definition) is 4. The molecule has 0 bridgehead atoms. The van der Waals surface area contributed by atoms with Gasteiger partial charge >= 0.3 is 0 Å². The van der Waals surface area contributed by atoms with Crippen molar-refractivity contribution >= 4 is 17.2 Å². The molecule has 5 heteroatoms. The number of carbonyl (C=O) groups excluding carboxylic acids is 1. The summed E-state index contributed by atoms with van der Waals surface area (Å²) in [7, 11) is 1.90. The van der Waals surface area contributed by atoms with E-state index in [4.69, 9.17) is 4.42 Å². The predicted octanol–water partition coefficient (Wildman–Crippen LogP) is 4.05. The first-order chi connectivity index (χ1) is 10.2. The van der Waals surface area contributed by atoms with Crippen LogP contribution in [0.25, 0.3) is 10.8 Å². The van der Waals surface area contributed by atoms with E-state index in [0.717, 1.165) is 11.4 Å². The molecule has 2 aromatic rings. The van der Waals surface area contributed by atoms with E-state index in [-0.39, 0.29) is 5.91 Å². The Morgan fingerprint density at radius 1 is 1.43 bits per heavy atom. The summed E-state index contributed by atoms with van der Waals surface area (Å²) in [4.78, 5) is 18.9. The van der Waals surface area contributed by atoms with Gasteiger partial charge in [-0.05, 0) is 30.9 Å². The van der Waals surface area contributed by atoms with E-state index in [9.17, 15) is 4.79 Å². The van der Waals surface area contributed by atoms with Crippen molar-refractivity contribution < 1.29 is 9.21 Å². The van der Waals surface area contributed by atoms with E-state index < -0.39 is 0 Å². The van der Waals surface area contributed by atoms with E-state index in [2.05, 4.69) is 11.9 Å². The maximum Gasteiger partial charge on any atom is 0.273 e. The number of nitrogens with zero attached hydrogens (tertiary/aromatic N) is 2. The van der Waals surface area contributed by atoms with Crippen LogP contribution < -0.4 is 0 Å². The highest BCUT2D eigenvalue weighted by Gasteiger charge is 2.29. The Morgan fingerprint density at radius 2 is 2.24 bits per heavy atom. The van der Waals surface area contributed by atoms with Crippen molar-refractivity contribution in [1.82, 2.24) is 9.88 Å². The third-order valence-corrected chi connectivity index (χ3v) is 5.20. The van der Waals surface area contributed by atoms with Crippen LogP contribution in [0.4, 0.5) is 0 Å². The van der Waals surface area contributed by atoms with Crippen LogP contribution in [-0.2, 0) is 0 Å². The summed E-state index contributed by atoms with van der Waals surface area (Å²) < 4.78 is 5.33. The third kappa shape index (κ3) is 2.88. The number of carbonyl (C=O) groups is 1. The number of furan rings is 1. The van der Waals surface area contributed by atoms with Gasteiger partial charge in [-0.15, -0.1) is 11.3 Å². The van der Waals surface area contributed by atoms with Crippen molar-refractivity contribution in [3.05, 3.63) is 29.5 Å². The summed E-state index contributed by atoms with van der Waals surface area (Å²) in [6, 6.07) is 4.02. The molecule has 0 radical (unpaired) electrons. The highest BCUT2D eigenvalue weighted by atomic mass is 32.1. The molecule has 1 amide bonds. The average Bonchev–Trinajstić information content (AvgIpc) is 3.17. The van der Waals surface area contributed by atoms with Gasteiger partial charge in [0.2, 0.25) is 0 Å². The predicted molar refractivity (Wildman–Crippen MR) is 83.3 cm³/mol. The van der Waals surface area contributed by atoms with Crippen molar-refractivity contribution in [3.63, 3.8) is 0 Å². The Kier molecular flexibility index (Phi) is 4.10. The van der Waals surface area contributed by atoms with Crippen LogP contribution >= 0.6 is 11.3 Å². The quantitative estimate of drug-likeness (QED) is 0.859. The van der Waals surface area contributed by atoms with Gasteiger partial charge in [0.1, 0.15) is 5.69 Å².